The fraction of sp³-hybridized carbons (Fsp3) is 0.360. The molecule has 0 aliphatic carbocycles. The van der Waals surface area contributed by atoms with Gasteiger partial charge in [0.2, 0.25) is 5.91 Å². The maximum Gasteiger partial charge on any atom is 0.254 e. The van der Waals surface area contributed by atoms with Gasteiger partial charge in [-0.05, 0) is 31.3 Å². The van der Waals surface area contributed by atoms with E-state index in [1.54, 1.807) is 31.3 Å². The molecule has 1 fully saturated rings. The van der Waals surface area contributed by atoms with Crippen LogP contribution >= 0.6 is 0 Å². The summed E-state index contributed by atoms with van der Waals surface area (Å²) in [6.45, 7) is 2.24. The number of likely N-dealkylation sites (N-methyl/N-ethyl adjacent to an activating group) is 1. The number of carbonyl (C=O) groups excluding carboxylic acids is 2. The average Bonchev–Trinajstić information content (AvgIpc) is 2.83. The van der Waals surface area contributed by atoms with Crippen molar-refractivity contribution in [3.63, 3.8) is 0 Å². The minimum atomic E-state index is -0.387. The zero-order valence-electron chi connectivity index (χ0n) is 19.3. The minimum absolute atomic E-state index is 0.0344. The lowest BCUT2D eigenvalue weighted by Gasteiger charge is -2.34. The lowest BCUT2D eigenvalue weighted by Crippen LogP contribution is -2.46. The number of ether oxygens (including phenoxy) is 1. The smallest absolute Gasteiger partial charge is 0.254 e. The molecule has 1 aliphatic rings. The van der Waals surface area contributed by atoms with Crippen LogP contribution in [-0.4, -0.2) is 83.9 Å². The van der Waals surface area contributed by atoms with E-state index < -0.39 is 0 Å². The molecule has 8 heteroatoms. The van der Waals surface area contributed by atoms with Crippen molar-refractivity contribution >= 4 is 22.7 Å². The van der Waals surface area contributed by atoms with E-state index in [0.717, 1.165) is 16.6 Å². The van der Waals surface area contributed by atoms with Gasteiger partial charge in [0.15, 0.2) is 0 Å². The molecule has 3 aromatic rings. The number of nitrogens with zero attached hydrogens (tertiary/aromatic N) is 5. The topological polar surface area (TPSA) is 78.9 Å². The quantitative estimate of drug-likeness (QED) is 0.577. The molecule has 8 nitrogen and oxygen atoms in total. The third-order valence-corrected chi connectivity index (χ3v) is 5.68. The molecule has 1 unspecified atom stereocenters. The fourth-order valence-corrected chi connectivity index (χ4v) is 3.99. The number of carbonyl (C=O) groups is 2. The molecule has 3 heterocycles. The Hall–Kier alpha value is -3.36. The van der Waals surface area contributed by atoms with Crippen LogP contribution in [0.15, 0.2) is 54.7 Å². The maximum atomic E-state index is 13.0. The number of para-hydroxylation sites is 1. The van der Waals surface area contributed by atoms with Crippen LogP contribution in [0.1, 0.15) is 27.8 Å². The van der Waals surface area contributed by atoms with E-state index in [0.29, 0.717) is 44.0 Å². The molecule has 0 radical (unpaired) electrons. The number of fused-ring (bicyclic) bond motifs is 1. The van der Waals surface area contributed by atoms with Gasteiger partial charge in [-0.2, -0.15) is 0 Å². The number of aromatic nitrogens is 2. The van der Waals surface area contributed by atoms with Crippen molar-refractivity contribution in [2.45, 2.75) is 12.6 Å². The van der Waals surface area contributed by atoms with E-state index >= 15 is 0 Å². The number of hydrogen-bond acceptors (Lipinski definition) is 6. The number of benzene rings is 1. The standard InChI is InChI=1S/C25H29N5O3/c1-28(2)25(32)20-14-22(27-21-10-5-4-9-19(20)21)23-16-30(12-13-33-23)24(31)17-29(3)15-18-8-6-7-11-26-18/h4-11,14,23H,12-13,15-17H2,1-3H3. The maximum absolute atomic E-state index is 13.0. The highest BCUT2D eigenvalue weighted by Gasteiger charge is 2.28. The minimum Gasteiger partial charge on any atom is -0.368 e. The number of rotatable bonds is 6. The number of hydrogen-bond donors (Lipinski definition) is 0. The second kappa shape index (κ2) is 10.1. The summed E-state index contributed by atoms with van der Waals surface area (Å²) in [6.07, 6.45) is 1.37. The lowest BCUT2D eigenvalue weighted by molar-refractivity contribution is -0.140. The molecule has 1 aromatic carbocycles. The van der Waals surface area contributed by atoms with E-state index in [2.05, 4.69) is 4.98 Å². The van der Waals surface area contributed by atoms with Gasteiger partial charge in [-0.25, -0.2) is 4.98 Å². The predicted octanol–water partition coefficient (Wildman–Crippen LogP) is 2.36. The normalized spacial score (nSPS) is 16.2. The first-order chi connectivity index (χ1) is 15.9. The van der Waals surface area contributed by atoms with Gasteiger partial charge < -0.3 is 14.5 Å². The number of amides is 2. The zero-order chi connectivity index (χ0) is 23.4. The lowest BCUT2D eigenvalue weighted by atomic mass is 10.0. The predicted molar refractivity (Wildman–Crippen MR) is 126 cm³/mol. The largest absolute Gasteiger partial charge is 0.368 e. The van der Waals surface area contributed by atoms with E-state index in [9.17, 15) is 9.59 Å². The molecule has 4 rings (SSSR count). The number of morpholine rings is 1. The van der Waals surface area contributed by atoms with Crippen LogP contribution in [0.3, 0.4) is 0 Å². The molecule has 172 valence electrons. The molecule has 33 heavy (non-hydrogen) atoms. The van der Waals surface area contributed by atoms with Crippen molar-refractivity contribution in [1.29, 1.82) is 0 Å². The van der Waals surface area contributed by atoms with Gasteiger partial charge in [-0.3, -0.25) is 19.5 Å². The molecule has 0 N–H and O–H groups in total. The van der Waals surface area contributed by atoms with Gasteiger partial charge in [-0.1, -0.05) is 24.3 Å². The highest BCUT2D eigenvalue weighted by Crippen LogP contribution is 2.26. The molecule has 0 saturated carbocycles. The molecule has 0 bridgehead atoms. The van der Waals surface area contributed by atoms with Crippen LogP contribution < -0.4 is 0 Å². The highest BCUT2D eigenvalue weighted by molar-refractivity contribution is 6.06. The summed E-state index contributed by atoms with van der Waals surface area (Å²) in [5.41, 5.74) is 2.91. The SMILES string of the molecule is CN(CC(=O)N1CCOC(c2cc(C(=O)N(C)C)c3ccccc3n2)C1)Cc1ccccn1. The molecule has 1 saturated heterocycles. The first kappa shape index (κ1) is 22.8. The van der Waals surface area contributed by atoms with Crippen LogP contribution in [0.5, 0.6) is 0 Å². The second-order valence-electron chi connectivity index (χ2n) is 8.50. The van der Waals surface area contributed by atoms with Crippen LogP contribution in [0.2, 0.25) is 0 Å². The van der Waals surface area contributed by atoms with Crippen LogP contribution in [0.4, 0.5) is 0 Å². The summed E-state index contributed by atoms with van der Waals surface area (Å²) in [7, 11) is 5.38. The van der Waals surface area contributed by atoms with Gasteiger partial charge in [-0.15, -0.1) is 0 Å². The Morgan fingerprint density at radius 2 is 1.91 bits per heavy atom. The summed E-state index contributed by atoms with van der Waals surface area (Å²) in [6, 6.07) is 15.2. The van der Waals surface area contributed by atoms with Crippen LogP contribution in [0, 0.1) is 0 Å². The third kappa shape index (κ3) is 5.35. The van der Waals surface area contributed by atoms with Crippen molar-refractivity contribution in [2.75, 3.05) is 47.4 Å². The monoisotopic (exact) mass is 447 g/mol. The van der Waals surface area contributed by atoms with Crippen molar-refractivity contribution in [1.82, 2.24) is 24.7 Å². The molecule has 1 aliphatic heterocycles. The summed E-state index contributed by atoms with van der Waals surface area (Å²) < 4.78 is 5.98. The van der Waals surface area contributed by atoms with Crippen LogP contribution in [-0.2, 0) is 16.1 Å². The molecule has 1 atom stereocenters. The fourth-order valence-electron chi connectivity index (χ4n) is 3.99. The van der Waals surface area contributed by atoms with E-state index in [4.69, 9.17) is 9.72 Å². The second-order valence-corrected chi connectivity index (χ2v) is 8.50. The van der Waals surface area contributed by atoms with Gasteiger partial charge in [0.25, 0.3) is 5.91 Å². The first-order valence-corrected chi connectivity index (χ1v) is 11.0. The Labute approximate surface area is 193 Å². The molecule has 2 amide bonds. The third-order valence-electron chi connectivity index (χ3n) is 5.68. The van der Waals surface area contributed by atoms with Gasteiger partial charge in [0, 0.05) is 38.8 Å². The van der Waals surface area contributed by atoms with Gasteiger partial charge in [0.05, 0.1) is 42.2 Å². The molecular weight excluding hydrogens is 418 g/mol. The molecular formula is C25H29N5O3. The van der Waals surface area contributed by atoms with E-state index in [1.165, 1.54) is 0 Å². The van der Waals surface area contributed by atoms with Crippen molar-refractivity contribution in [3.05, 3.63) is 71.7 Å². The summed E-state index contributed by atoms with van der Waals surface area (Å²) in [5.74, 6) is -0.0538. The summed E-state index contributed by atoms with van der Waals surface area (Å²) in [4.78, 5) is 40.2. The van der Waals surface area contributed by atoms with Gasteiger partial charge in [0.1, 0.15) is 6.10 Å². The highest BCUT2D eigenvalue weighted by atomic mass is 16.5. The van der Waals surface area contributed by atoms with Gasteiger partial charge >= 0.3 is 0 Å². The Kier molecular flexibility index (Phi) is 6.96. The summed E-state index contributed by atoms with van der Waals surface area (Å²) in [5, 5.41) is 0.805. The van der Waals surface area contributed by atoms with E-state index in [1.807, 2.05) is 59.3 Å². The summed E-state index contributed by atoms with van der Waals surface area (Å²) >= 11 is 0. The molecule has 0 spiro atoms. The average molecular weight is 448 g/mol. The van der Waals surface area contributed by atoms with Crippen LogP contribution in [0.25, 0.3) is 10.9 Å². The molecule has 2 aromatic heterocycles. The Morgan fingerprint density at radius 3 is 2.67 bits per heavy atom. The van der Waals surface area contributed by atoms with Crippen molar-refractivity contribution in [2.24, 2.45) is 0 Å². The Morgan fingerprint density at radius 1 is 1.12 bits per heavy atom. The van der Waals surface area contributed by atoms with E-state index in [-0.39, 0.29) is 17.9 Å². The Balaban J connectivity index is 1.50. The van der Waals surface area contributed by atoms with Crippen molar-refractivity contribution < 1.29 is 14.3 Å². The Bertz CT molecular complexity index is 1140. The zero-order valence-corrected chi connectivity index (χ0v) is 19.3. The first-order valence-electron chi connectivity index (χ1n) is 11.0. The van der Waals surface area contributed by atoms with Crippen molar-refractivity contribution in [3.8, 4) is 0 Å². The number of pyridine rings is 2.